The van der Waals surface area contributed by atoms with E-state index in [-0.39, 0.29) is 17.4 Å². The molecule has 0 fully saturated rings. The third-order valence-electron chi connectivity index (χ3n) is 2.74. The van der Waals surface area contributed by atoms with Crippen LogP contribution in [0.1, 0.15) is 20.8 Å². The summed E-state index contributed by atoms with van der Waals surface area (Å²) in [5, 5.41) is 2.88. The Kier molecular flexibility index (Phi) is 3.45. The van der Waals surface area contributed by atoms with Crippen LogP contribution in [0.4, 0.5) is 0 Å². The highest BCUT2D eigenvalue weighted by atomic mass is 16.6. The molecule has 1 atom stereocenters. The van der Waals surface area contributed by atoms with Gasteiger partial charge < -0.3 is 14.8 Å². The lowest BCUT2D eigenvalue weighted by Crippen LogP contribution is -2.44. The highest BCUT2D eigenvalue weighted by Gasteiger charge is 2.25. The summed E-state index contributed by atoms with van der Waals surface area (Å²) in [6.07, 6.45) is -0.133. The van der Waals surface area contributed by atoms with Crippen LogP contribution in [0.15, 0.2) is 24.3 Å². The summed E-state index contributed by atoms with van der Waals surface area (Å²) < 4.78 is 11.3. The van der Waals surface area contributed by atoms with Gasteiger partial charge in [0.1, 0.15) is 12.7 Å². The lowest BCUT2D eigenvalue weighted by molar-refractivity contribution is -0.129. The fourth-order valence-electron chi connectivity index (χ4n) is 1.64. The Morgan fingerprint density at radius 2 is 2.00 bits per heavy atom. The van der Waals surface area contributed by atoms with E-state index in [1.807, 2.05) is 45.0 Å². The number of rotatable bonds is 2. The molecule has 1 aromatic carbocycles. The first kappa shape index (κ1) is 12.7. The lowest BCUT2D eigenvalue weighted by Gasteiger charge is -2.27. The van der Waals surface area contributed by atoms with E-state index in [2.05, 4.69) is 5.32 Å². The topological polar surface area (TPSA) is 47.6 Å². The van der Waals surface area contributed by atoms with Crippen LogP contribution in [0.5, 0.6) is 11.5 Å². The minimum Gasteiger partial charge on any atom is -0.486 e. The van der Waals surface area contributed by atoms with Gasteiger partial charge in [0.2, 0.25) is 5.91 Å². The predicted octanol–water partition coefficient (Wildman–Crippen LogP) is 1.99. The number of ether oxygens (including phenoxy) is 2. The first-order valence-electron chi connectivity index (χ1n) is 6.13. The van der Waals surface area contributed by atoms with Gasteiger partial charge in [0, 0.05) is 5.41 Å². The van der Waals surface area contributed by atoms with Crippen LogP contribution in [-0.4, -0.2) is 25.2 Å². The number of nitrogens with one attached hydrogen (secondary N) is 1. The third-order valence-corrected chi connectivity index (χ3v) is 2.74. The molecule has 1 heterocycles. The maximum absolute atomic E-state index is 11.7. The number of para-hydroxylation sites is 2. The van der Waals surface area contributed by atoms with Gasteiger partial charge in [0.15, 0.2) is 11.5 Å². The van der Waals surface area contributed by atoms with Gasteiger partial charge in [-0.05, 0) is 12.1 Å². The highest BCUT2D eigenvalue weighted by Crippen LogP contribution is 2.30. The van der Waals surface area contributed by atoms with Crippen molar-refractivity contribution in [3.8, 4) is 11.5 Å². The monoisotopic (exact) mass is 249 g/mol. The second-order valence-corrected chi connectivity index (χ2v) is 5.46. The molecule has 18 heavy (non-hydrogen) atoms. The van der Waals surface area contributed by atoms with Crippen LogP contribution in [0.25, 0.3) is 0 Å². The van der Waals surface area contributed by atoms with E-state index in [4.69, 9.17) is 9.47 Å². The van der Waals surface area contributed by atoms with Crippen molar-refractivity contribution in [3.63, 3.8) is 0 Å². The van der Waals surface area contributed by atoms with Crippen LogP contribution in [0.2, 0.25) is 0 Å². The first-order chi connectivity index (χ1) is 8.47. The molecule has 0 saturated heterocycles. The van der Waals surface area contributed by atoms with Crippen molar-refractivity contribution < 1.29 is 14.3 Å². The zero-order chi connectivity index (χ0) is 13.2. The molecule has 0 unspecified atom stereocenters. The van der Waals surface area contributed by atoms with Crippen molar-refractivity contribution in [2.75, 3.05) is 13.2 Å². The Labute approximate surface area is 107 Å². The molecule has 1 aliphatic heterocycles. The Balaban J connectivity index is 1.89. The molecule has 0 aliphatic carbocycles. The summed E-state index contributed by atoms with van der Waals surface area (Å²) >= 11 is 0. The summed E-state index contributed by atoms with van der Waals surface area (Å²) in [6, 6.07) is 7.55. The smallest absolute Gasteiger partial charge is 0.225 e. The summed E-state index contributed by atoms with van der Waals surface area (Å²) in [4.78, 5) is 11.7. The molecule has 0 aromatic heterocycles. The SMILES string of the molecule is CC(C)(C)C(=O)NC[C@H]1COc2ccccc2O1. The fraction of sp³-hybridized carbons (Fsp3) is 0.500. The van der Waals surface area contributed by atoms with Crippen molar-refractivity contribution >= 4 is 5.91 Å². The summed E-state index contributed by atoms with van der Waals surface area (Å²) in [5.74, 6) is 1.51. The van der Waals surface area contributed by atoms with Crippen LogP contribution in [0.3, 0.4) is 0 Å². The molecule has 2 rings (SSSR count). The Morgan fingerprint density at radius 3 is 2.67 bits per heavy atom. The Morgan fingerprint density at radius 1 is 1.33 bits per heavy atom. The van der Waals surface area contributed by atoms with E-state index in [1.165, 1.54) is 0 Å². The molecule has 0 radical (unpaired) electrons. The van der Waals surface area contributed by atoms with E-state index in [0.29, 0.717) is 13.2 Å². The van der Waals surface area contributed by atoms with E-state index in [9.17, 15) is 4.79 Å². The molecule has 1 aromatic rings. The molecule has 1 aliphatic rings. The number of fused-ring (bicyclic) bond motifs is 1. The minimum absolute atomic E-state index is 0.0185. The van der Waals surface area contributed by atoms with E-state index in [1.54, 1.807) is 0 Å². The molecule has 0 spiro atoms. The average Bonchev–Trinajstić information content (AvgIpc) is 2.34. The second kappa shape index (κ2) is 4.88. The molecule has 1 amide bonds. The fourth-order valence-corrected chi connectivity index (χ4v) is 1.64. The first-order valence-corrected chi connectivity index (χ1v) is 6.13. The van der Waals surface area contributed by atoms with Gasteiger partial charge >= 0.3 is 0 Å². The highest BCUT2D eigenvalue weighted by molar-refractivity contribution is 5.81. The minimum atomic E-state index is -0.382. The Bertz CT molecular complexity index is 437. The summed E-state index contributed by atoms with van der Waals surface area (Å²) in [6.45, 7) is 6.58. The van der Waals surface area contributed by atoms with Gasteiger partial charge in [-0.2, -0.15) is 0 Å². The van der Waals surface area contributed by atoms with Gasteiger partial charge in [0.05, 0.1) is 6.54 Å². The molecule has 1 N–H and O–H groups in total. The molecule has 0 saturated carbocycles. The third kappa shape index (κ3) is 2.94. The Hall–Kier alpha value is -1.71. The number of benzene rings is 1. The zero-order valence-electron chi connectivity index (χ0n) is 11.0. The van der Waals surface area contributed by atoms with Crippen molar-refractivity contribution in [2.24, 2.45) is 5.41 Å². The number of amides is 1. The quantitative estimate of drug-likeness (QED) is 0.872. The number of hydrogen-bond acceptors (Lipinski definition) is 3. The number of carbonyl (C=O) groups is 1. The van der Waals surface area contributed by atoms with Gasteiger partial charge in [-0.1, -0.05) is 32.9 Å². The maximum atomic E-state index is 11.7. The predicted molar refractivity (Wildman–Crippen MR) is 68.8 cm³/mol. The van der Waals surface area contributed by atoms with Gasteiger partial charge in [-0.25, -0.2) is 0 Å². The van der Waals surface area contributed by atoms with E-state index in [0.717, 1.165) is 11.5 Å². The van der Waals surface area contributed by atoms with E-state index < -0.39 is 0 Å². The van der Waals surface area contributed by atoms with Crippen molar-refractivity contribution in [3.05, 3.63) is 24.3 Å². The van der Waals surface area contributed by atoms with E-state index >= 15 is 0 Å². The maximum Gasteiger partial charge on any atom is 0.225 e. The molecular weight excluding hydrogens is 230 g/mol. The molecule has 98 valence electrons. The normalized spacial score (nSPS) is 18.3. The van der Waals surface area contributed by atoms with Crippen LogP contribution in [-0.2, 0) is 4.79 Å². The zero-order valence-corrected chi connectivity index (χ0v) is 11.0. The summed E-state index contributed by atoms with van der Waals surface area (Å²) in [7, 11) is 0. The lowest BCUT2D eigenvalue weighted by atomic mass is 9.96. The van der Waals surface area contributed by atoms with Crippen molar-refractivity contribution in [1.82, 2.24) is 5.32 Å². The summed E-state index contributed by atoms with van der Waals surface area (Å²) in [5.41, 5.74) is -0.382. The second-order valence-electron chi connectivity index (χ2n) is 5.46. The van der Waals surface area contributed by atoms with Crippen LogP contribution in [0, 0.1) is 5.41 Å². The molecular formula is C14H19NO3. The molecule has 4 heteroatoms. The van der Waals surface area contributed by atoms with Crippen molar-refractivity contribution in [1.29, 1.82) is 0 Å². The molecule has 0 bridgehead atoms. The standard InChI is InChI=1S/C14H19NO3/c1-14(2,3)13(16)15-8-10-9-17-11-6-4-5-7-12(11)18-10/h4-7,10H,8-9H2,1-3H3,(H,15,16)/t10-/m0/s1. The number of carbonyl (C=O) groups excluding carboxylic acids is 1. The van der Waals surface area contributed by atoms with Gasteiger partial charge in [0.25, 0.3) is 0 Å². The van der Waals surface area contributed by atoms with Crippen molar-refractivity contribution in [2.45, 2.75) is 26.9 Å². The van der Waals surface area contributed by atoms with Crippen LogP contribution >= 0.6 is 0 Å². The largest absolute Gasteiger partial charge is 0.486 e. The molecule has 4 nitrogen and oxygen atoms in total. The number of hydrogen-bond donors (Lipinski definition) is 1. The van der Waals surface area contributed by atoms with Crippen LogP contribution < -0.4 is 14.8 Å². The van der Waals surface area contributed by atoms with Gasteiger partial charge in [-0.15, -0.1) is 0 Å². The van der Waals surface area contributed by atoms with Gasteiger partial charge in [-0.3, -0.25) is 4.79 Å². The average molecular weight is 249 g/mol.